The van der Waals surface area contributed by atoms with E-state index in [-0.39, 0.29) is 11.9 Å². The molecule has 80 valence electrons. The smallest absolute Gasteiger partial charge is 0.222 e. The second-order valence-corrected chi connectivity index (χ2v) is 3.50. The number of nitrogens with one attached hydrogen (secondary N) is 1. The third-order valence-corrected chi connectivity index (χ3v) is 2.44. The molecule has 3 N–H and O–H groups in total. The van der Waals surface area contributed by atoms with E-state index in [0.29, 0.717) is 32.6 Å². The van der Waals surface area contributed by atoms with Gasteiger partial charge in [-0.3, -0.25) is 10.2 Å². The topological polar surface area (TPSA) is 73.4 Å². The van der Waals surface area contributed by atoms with Gasteiger partial charge in [0, 0.05) is 32.6 Å². The van der Waals surface area contributed by atoms with Crippen LogP contribution in [0.3, 0.4) is 0 Å². The van der Waals surface area contributed by atoms with Crippen LogP contribution in [0.25, 0.3) is 0 Å². The molecule has 14 heavy (non-hydrogen) atoms. The normalized spacial score (nSPS) is 16.9. The molecular weight excluding hydrogens is 180 g/mol. The summed E-state index contributed by atoms with van der Waals surface area (Å²) in [5.74, 6) is 0.322. The molecule has 0 radical (unpaired) electrons. The van der Waals surface area contributed by atoms with Gasteiger partial charge < -0.3 is 15.5 Å². The molecule has 1 aliphatic rings. The lowest BCUT2D eigenvalue weighted by molar-refractivity contribution is -0.132. The van der Waals surface area contributed by atoms with Gasteiger partial charge >= 0.3 is 0 Å². The van der Waals surface area contributed by atoms with Crippen molar-refractivity contribution in [1.82, 2.24) is 9.80 Å². The molecule has 1 aliphatic heterocycles. The van der Waals surface area contributed by atoms with Crippen LogP contribution in [0.4, 0.5) is 0 Å². The van der Waals surface area contributed by atoms with E-state index >= 15 is 0 Å². The van der Waals surface area contributed by atoms with Crippen LogP contribution in [0.1, 0.15) is 19.8 Å². The van der Waals surface area contributed by atoms with E-state index in [9.17, 15) is 4.79 Å². The summed E-state index contributed by atoms with van der Waals surface area (Å²) in [5.41, 5.74) is 5.35. The number of carbonyl (C=O) groups is 1. The Balaban J connectivity index is 2.35. The zero-order valence-corrected chi connectivity index (χ0v) is 8.62. The maximum atomic E-state index is 11.5. The molecule has 0 saturated carbocycles. The summed E-state index contributed by atoms with van der Waals surface area (Å²) in [7, 11) is 0. The van der Waals surface area contributed by atoms with E-state index in [1.165, 1.54) is 0 Å². The maximum absolute atomic E-state index is 11.5. The molecule has 1 saturated heterocycles. The Morgan fingerprint density at radius 2 is 1.79 bits per heavy atom. The Kier molecular flexibility index (Phi) is 3.73. The molecule has 0 aromatic carbocycles. The van der Waals surface area contributed by atoms with Crippen LogP contribution < -0.4 is 5.73 Å². The third kappa shape index (κ3) is 2.61. The van der Waals surface area contributed by atoms with Gasteiger partial charge in [-0.2, -0.15) is 0 Å². The van der Waals surface area contributed by atoms with Crippen molar-refractivity contribution in [1.29, 1.82) is 5.41 Å². The SMILES string of the molecule is CCCC(=O)N1CCN(C(=N)N)CC1. The molecule has 1 fully saturated rings. The van der Waals surface area contributed by atoms with E-state index in [0.717, 1.165) is 6.42 Å². The van der Waals surface area contributed by atoms with E-state index in [4.69, 9.17) is 11.1 Å². The highest BCUT2D eigenvalue weighted by molar-refractivity contribution is 5.77. The third-order valence-electron chi connectivity index (χ3n) is 2.44. The fourth-order valence-electron chi connectivity index (χ4n) is 1.57. The van der Waals surface area contributed by atoms with E-state index in [2.05, 4.69) is 0 Å². The number of amides is 1. The molecular formula is C9H18N4O. The van der Waals surface area contributed by atoms with Crippen molar-refractivity contribution in [3.63, 3.8) is 0 Å². The quantitative estimate of drug-likeness (QED) is 0.477. The fraction of sp³-hybridized carbons (Fsp3) is 0.778. The number of hydrogen-bond acceptors (Lipinski definition) is 2. The highest BCUT2D eigenvalue weighted by Crippen LogP contribution is 2.04. The van der Waals surface area contributed by atoms with Crippen molar-refractivity contribution in [2.75, 3.05) is 26.2 Å². The monoisotopic (exact) mass is 198 g/mol. The van der Waals surface area contributed by atoms with Crippen LogP contribution in [-0.4, -0.2) is 47.8 Å². The van der Waals surface area contributed by atoms with Crippen LogP contribution in [0.15, 0.2) is 0 Å². The number of rotatable bonds is 2. The number of nitrogens with zero attached hydrogens (tertiary/aromatic N) is 2. The minimum atomic E-state index is 0.104. The van der Waals surface area contributed by atoms with Crippen molar-refractivity contribution in [3.8, 4) is 0 Å². The molecule has 0 spiro atoms. The zero-order valence-electron chi connectivity index (χ0n) is 8.62. The second-order valence-electron chi connectivity index (χ2n) is 3.50. The Labute approximate surface area is 84.4 Å². The van der Waals surface area contributed by atoms with Gasteiger partial charge in [0.2, 0.25) is 5.91 Å². The number of piperazine rings is 1. The summed E-state index contributed by atoms with van der Waals surface area (Å²) in [6, 6.07) is 0. The summed E-state index contributed by atoms with van der Waals surface area (Å²) < 4.78 is 0. The van der Waals surface area contributed by atoms with Crippen LogP contribution >= 0.6 is 0 Å². The summed E-state index contributed by atoms with van der Waals surface area (Å²) in [6.45, 7) is 4.76. The van der Waals surface area contributed by atoms with Crippen molar-refractivity contribution >= 4 is 11.9 Å². The van der Waals surface area contributed by atoms with Crippen LogP contribution in [0.5, 0.6) is 0 Å². The molecule has 0 aliphatic carbocycles. The average Bonchev–Trinajstić information content (AvgIpc) is 2.18. The first-order valence-corrected chi connectivity index (χ1v) is 5.02. The number of hydrogen-bond donors (Lipinski definition) is 2. The van der Waals surface area contributed by atoms with Gasteiger partial charge in [-0.15, -0.1) is 0 Å². The lowest BCUT2D eigenvalue weighted by Gasteiger charge is -2.34. The molecule has 0 bridgehead atoms. The first-order valence-electron chi connectivity index (χ1n) is 5.02. The van der Waals surface area contributed by atoms with Gasteiger partial charge in [-0.25, -0.2) is 0 Å². The van der Waals surface area contributed by atoms with Gasteiger partial charge in [0.05, 0.1) is 0 Å². The van der Waals surface area contributed by atoms with Crippen LogP contribution in [0.2, 0.25) is 0 Å². The first kappa shape index (κ1) is 10.8. The standard InChI is InChI=1S/C9H18N4O/c1-2-3-8(14)12-4-6-13(7-5-12)9(10)11/h2-7H2,1H3,(H3,10,11). The minimum absolute atomic E-state index is 0.104. The predicted molar refractivity (Wildman–Crippen MR) is 55.0 cm³/mol. The lowest BCUT2D eigenvalue weighted by atomic mass is 10.2. The number of nitrogens with two attached hydrogens (primary N) is 1. The summed E-state index contributed by atoms with van der Waals surface area (Å²) >= 11 is 0. The minimum Gasteiger partial charge on any atom is -0.370 e. The highest BCUT2D eigenvalue weighted by Gasteiger charge is 2.20. The molecule has 0 aromatic heterocycles. The molecule has 5 nitrogen and oxygen atoms in total. The summed E-state index contributed by atoms with van der Waals surface area (Å²) in [4.78, 5) is 15.1. The Morgan fingerprint density at radius 3 is 2.21 bits per heavy atom. The maximum Gasteiger partial charge on any atom is 0.222 e. The fourth-order valence-corrected chi connectivity index (χ4v) is 1.57. The second kappa shape index (κ2) is 4.83. The van der Waals surface area contributed by atoms with Gasteiger partial charge in [-0.1, -0.05) is 6.92 Å². The van der Waals surface area contributed by atoms with Crippen molar-refractivity contribution in [2.24, 2.45) is 5.73 Å². The number of carbonyl (C=O) groups excluding carboxylic acids is 1. The van der Waals surface area contributed by atoms with E-state index < -0.39 is 0 Å². The molecule has 1 amide bonds. The molecule has 1 rings (SSSR count). The van der Waals surface area contributed by atoms with Crippen molar-refractivity contribution < 1.29 is 4.79 Å². The Morgan fingerprint density at radius 1 is 1.29 bits per heavy atom. The Bertz CT molecular complexity index is 221. The van der Waals surface area contributed by atoms with Crippen molar-refractivity contribution in [2.45, 2.75) is 19.8 Å². The molecule has 0 aromatic rings. The van der Waals surface area contributed by atoms with Gasteiger partial charge in [0.25, 0.3) is 0 Å². The van der Waals surface area contributed by atoms with Gasteiger partial charge in [0.1, 0.15) is 0 Å². The Hall–Kier alpha value is -1.26. The first-order chi connectivity index (χ1) is 6.65. The predicted octanol–water partition coefficient (Wildman–Crippen LogP) is -0.176. The summed E-state index contributed by atoms with van der Waals surface area (Å²) in [6.07, 6.45) is 1.52. The molecule has 0 unspecified atom stereocenters. The lowest BCUT2D eigenvalue weighted by Crippen LogP contribution is -2.52. The van der Waals surface area contributed by atoms with Crippen molar-refractivity contribution in [3.05, 3.63) is 0 Å². The summed E-state index contributed by atoms with van der Waals surface area (Å²) in [5, 5.41) is 7.24. The average molecular weight is 198 g/mol. The highest BCUT2D eigenvalue weighted by atomic mass is 16.2. The molecule has 1 heterocycles. The van der Waals surface area contributed by atoms with Gasteiger partial charge in [0.15, 0.2) is 5.96 Å². The van der Waals surface area contributed by atoms with E-state index in [1.54, 1.807) is 4.90 Å². The largest absolute Gasteiger partial charge is 0.370 e. The van der Waals surface area contributed by atoms with Crippen LogP contribution in [-0.2, 0) is 4.79 Å². The zero-order chi connectivity index (χ0) is 10.6. The van der Waals surface area contributed by atoms with E-state index in [1.807, 2.05) is 11.8 Å². The van der Waals surface area contributed by atoms with Gasteiger partial charge in [-0.05, 0) is 6.42 Å². The molecule has 5 heteroatoms. The molecule has 0 atom stereocenters. The number of guanidine groups is 1. The van der Waals surface area contributed by atoms with Crippen LogP contribution in [0, 0.1) is 5.41 Å².